The van der Waals surface area contributed by atoms with E-state index in [4.69, 9.17) is 4.37 Å². The van der Waals surface area contributed by atoms with Crippen LogP contribution in [0, 0.1) is 35.5 Å². The largest absolute Gasteiger partial charge is 0.393 e. The summed E-state index contributed by atoms with van der Waals surface area (Å²) in [4.78, 5) is 33.3. The molecule has 7 atom stereocenters. The Morgan fingerprint density at radius 3 is 2.44 bits per heavy atom. The van der Waals surface area contributed by atoms with E-state index in [0.29, 0.717) is 24.8 Å². The van der Waals surface area contributed by atoms with E-state index in [2.05, 4.69) is 34.1 Å². The molecule has 3 heterocycles. The van der Waals surface area contributed by atoms with Gasteiger partial charge in [0.25, 0.3) is 0 Å². The van der Waals surface area contributed by atoms with Crippen molar-refractivity contribution in [2.75, 3.05) is 44.2 Å². The summed E-state index contributed by atoms with van der Waals surface area (Å²) < 4.78 is 6.00. The molecule has 5 fully saturated rings. The van der Waals surface area contributed by atoms with Crippen LogP contribution in [0.15, 0.2) is 24.3 Å². The van der Waals surface area contributed by atoms with Gasteiger partial charge in [-0.25, -0.2) is 0 Å². The van der Waals surface area contributed by atoms with Crippen LogP contribution in [0.1, 0.15) is 38.5 Å². The van der Waals surface area contributed by atoms with E-state index in [9.17, 15) is 14.7 Å². The number of aromatic nitrogens is 1. The van der Waals surface area contributed by atoms with Gasteiger partial charge in [-0.1, -0.05) is 25.0 Å². The average molecular weight is 509 g/mol. The highest BCUT2D eigenvalue weighted by Crippen LogP contribution is 2.56. The maximum absolute atomic E-state index is 13.3. The van der Waals surface area contributed by atoms with Gasteiger partial charge in [-0.15, -0.1) is 0 Å². The third-order valence-corrected chi connectivity index (χ3v) is 10.9. The Morgan fingerprint density at radius 1 is 0.917 bits per heavy atom. The molecule has 2 bridgehead atoms. The van der Waals surface area contributed by atoms with Gasteiger partial charge in [-0.05, 0) is 73.0 Å². The number of nitrogens with zero attached hydrogens (tertiary/aromatic N) is 4. The van der Waals surface area contributed by atoms with Crippen molar-refractivity contribution in [1.82, 2.24) is 14.2 Å². The predicted molar refractivity (Wildman–Crippen MR) is 140 cm³/mol. The minimum absolute atomic E-state index is 0.00901. The second kappa shape index (κ2) is 9.07. The third-order valence-electron chi connectivity index (χ3n) is 10.1. The number of piperazine rings is 1. The molecule has 0 unspecified atom stereocenters. The SMILES string of the molecule is O=C1[C@@H]2[C@H]3C[C@@H](C[C@@H]3O)[C@@H]2C(=O)N1C[C@@H]1CCCC[C@H]1CN1CCN(c2nsc3ccccc23)CC1. The first kappa shape index (κ1) is 23.1. The monoisotopic (exact) mass is 508 g/mol. The molecule has 192 valence electrons. The van der Waals surface area contributed by atoms with Crippen LogP contribution < -0.4 is 4.90 Å². The lowest BCUT2D eigenvalue weighted by Crippen LogP contribution is -2.49. The second-order valence-corrected chi connectivity index (χ2v) is 12.7. The van der Waals surface area contributed by atoms with Crippen LogP contribution in [0.4, 0.5) is 5.82 Å². The van der Waals surface area contributed by atoms with Crippen molar-refractivity contribution in [2.24, 2.45) is 35.5 Å². The van der Waals surface area contributed by atoms with E-state index in [1.807, 2.05) is 0 Å². The van der Waals surface area contributed by atoms with Crippen molar-refractivity contribution in [3.63, 3.8) is 0 Å². The zero-order chi connectivity index (χ0) is 24.4. The van der Waals surface area contributed by atoms with Gasteiger partial charge in [0, 0.05) is 44.7 Å². The molecule has 0 spiro atoms. The molecule has 7 nitrogen and oxygen atoms in total. The van der Waals surface area contributed by atoms with Crippen LogP contribution >= 0.6 is 11.5 Å². The maximum Gasteiger partial charge on any atom is 0.233 e. The quantitative estimate of drug-likeness (QED) is 0.625. The van der Waals surface area contributed by atoms with Crippen molar-refractivity contribution in [3.8, 4) is 0 Å². The minimum atomic E-state index is -0.392. The van der Waals surface area contributed by atoms with Gasteiger partial charge < -0.3 is 10.0 Å². The predicted octanol–water partition coefficient (Wildman–Crippen LogP) is 3.23. The van der Waals surface area contributed by atoms with Gasteiger partial charge in [0.2, 0.25) is 11.8 Å². The van der Waals surface area contributed by atoms with Crippen LogP contribution in [0.5, 0.6) is 0 Å². The molecule has 1 N–H and O–H groups in total. The number of carbonyl (C=O) groups is 2. The van der Waals surface area contributed by atoms with Crippen LogP contribution in [0.3, 0.4) is 0 Å². The van der Waals surface area contributed by atoms with Crippen LogP contribution in [0.25, 0.3) is 10.1 Å². The number of aliphatic hydroxyl groups is 1. The molecule has 8 heteroatoms. The van der Waals surface area contributed by atoms with Crippen molar-refractivity contribution < 1.29 is 14.7 Å². The second-order valence-electron chi connectivity index (χ2n) is 11.9. The Kier molecular flexibility index (Phi) is 5.82. The summed E-state index contributed by atoms with van der Waals surface area (Å²) in [6.07, 6.45) is 5.90. The molecule has 2 saturated heterocycles. The fourth-order valence-electron chi connectivity index (χ4n) is 8.24. The standard InChI is InChI=1S/C28H36N4O3S/c33-22-14-19-13-21(22)25-24(19)27(34)32(28(25)35)16-18-6-2-1-5-17(18)15-30-9-11-31(12-10-30)26-20-7-3-4-8-23(20)36-29-26/h3-4,7-8,17-19,21-22,24-25,33H,1-2,5-6,9-16H2/t17-,18-,19-,21-,22-,24-,25+/m0/s1. The molecule has 3 aliphatic carbocycles. The zero-order valence-electron chi connectivity index (χ0n) is 20.8. The molecule has 1 aromatic carbocycles. The number of rotatable bonds is 5. The van der Waals surface area contributed by atoms with Crippen LogP contribution in [-0.4, -0.2) is 76.5 Å². The molecule has 2 amide bonds. The summed E-state index contributed by atoms with van der Waals surface area (Å²) in [5.74, 6) is 1.97. The first-order valence-corrected chi connectivity index (χ1v) is 14.7. The number of amides is 2. The molecule has 0 radical (unpaired) electrons. The Hall–Kier alpha value is -2.03. The first-order valence-electron chi connectivity index (χ1n) is 13.9. The zero-order valence-corrected chi connectivity index (χ0v) is 21.6. The molecule has 2 aliphatic heterocycles. The van der Waals surface area contributed by atoms with Crippen LogP contribution in [-0.2, 0) is 9.59 Å². The van der Waals surface area contributed by atoms with Crippen molar-refractivity contribution >= 4 is 39.3 Å². The third kappa shape index (κ3) is 3.71. The number of imide groups is 1. The summed E-state index contributed by atoms with van der Waals surface area (Å²) in [5.41, 5.74) is 0. The highest BCUT2D eigenvalue weighted by Gasteiger charge is 2.63. The lowest BCUT2D eigenvalue weighted by atomic mass is 9.78. The molecule has 7 rings (SSSR count). The molecule has 5 aliphatic rings. The van der Waals surface area contributed by atoms with E-state index in [-0.39, 0.29) is 35.5 Å². The lowest BCUT2D eigenvalue weighted by molar-refractivity contribution is -0.142. The summed E-state index contributed by atoms with van der Waals surface area (Å²) in [7, 11) is 0. The smallest absolute Gasteiger partial charge is 0.233 e. The summed E-state index contributed by atoms with van der Waals surface area (Å²) in [6.45, 7) is 5.69. The van der Waals surface area contributed by atoms with Gasteiger partial charge in [-0.2, -0.15) is 4.37 Å². The van der Waals surface area contributed by atoms with E-state index in [1.165, 1.54) is 29.3 Å². The topological polar surface area (TPSA) is 77.0 Å². The molecule has 3 saturated carbocycles. The van der Waals surface area contributed by atoms with E-state index < -0.39 is 6.10 Å². The highest BCUT2D eigenvalue weighted by atomic mass is 32.1. The van der Waals surface area contributed by atoms with Gasteiger partial charge >= 0.3 is 0 Å². The minimum Gasteiger partial charge on any atom is -0.393 e. The first-order chi connectivity index (χ1) is 17.6. The van der Waals surface area contributed by atoms with E-state index >= 15 is 0 Å². The molecular formula is C28H36N4O3S. The molecular weight excluding hydrogens is 472 g/mol. The van der Waals surface area contributed by atoms with Crippen LogP contribution in [0.2, 0.25) is 0 Å². The molecule has 1 aromatic heterocycles. The summed E-state index contributed by atoms with van der Waals surface area (Å²) in [6, 6.07) is 8.49. The fourth-order valence-corrected chi connectivity index (χ4v) is 9.04. The number of hydrogen-bond donors (Lipinski definition) is 1. The Balaban J connectivity index is 0.988. The Morgan fingerprint density at radius 2 is 1.64 bits per heavy atom. The molecule has 36 heavy (non-hydrogen) atoms. The van der Waals surface area contributed by atoms with Crippen molar-refractivity contribution in [3.05, 3.63) is 24.3 Å². The van der Waals surface area contributed by atoms with Crippen molar-refractivity contribution in [2.45, 2.75) is 44.6 Å². The summed E-state index contributed by atoms with van der Waals surface area (Å²) in [5, 5.41) is 11.6. The number of benzene rings is 1. The number of fused-ring (bicyclic) bond motifs is 6. The highest BCUT2D eigenvalue weighted by molar-refractivity contribution is 7.13. The number of likely N-dealkylation sites (tertiary alicyclic amines) is 1. The fraction of sp³-hybridized carbons (Fsp3) is 0.679. The Bertz CT molecular complexity index is 1160. The van der Waals surface area contributed by atoms with Gasteiger partial charge in [0.05, 0.1) is 22.6 Å². The van der Waals surface area contributed by atoms with Gasteiger partial charge in [-0.3, -0.25) is 19.4 Å². The van der Waals surface area contributed by atoms with E-state index in [0.717, 1.165) is 51.4 Å². The molecule has 2 aromatic rings. The average Bonchev–Trinajstić information content (AvgIpc) is 3.64. The number of aliphatic hydroxyl groups excluding tert-OH is 1. The lowest BCUT2D eigenvalue weighted by Gasteiger charge is -2.40. The summed E-state index contributed by atoms with van der Waals surface area (Å²) >= 11 is 1.58. The maximum atomic E-state index is 13.3. The number of hydrogen-bond acceptors (Lipinski definition) is 7. The van der Waals surface area contributed by atoms with E-state index in [1.54, 1.807) is 16.4 Å². The van der Waals surface area contributed by atoms with Crippen molar-refractivity contribution in [1.29, 1.82) is 0 Å². The van der Waals surface area contributed by atoms with Gasteiger partial charge in [0.1, 0.15) is 5.82 Å². The van der Waals surface area contributed by atoms with Gasteiger partial charge in [0.15, 0.2) is 0 Å². The normalized spacial score (nSPS) is 36.9. The number of carbonyl (C=O) groups excluding carboxylic acids is 2. The Labute approximate surface area is 216 Å². The number of anilines is 1.